The van der Waals surface area contributed by atoms with E-state index in [1.807, 2.05) is 31.2 Å². The summed E-state index contributed by atoms with van der Waals surface area (Å²) in [4.78, 5) is 24.5. The highest BCUT2D eigenvalue weighted by Gasteiger charge is 2.33. The van der Waals surface area contributed by atoms with Crippen molar-refractivity contribution in [2.24, 2.45) is 0 Å². The molecule has 3 rings (SSSR count). The van der Waals surface area contributed by atoms with E-state index in [2.05, 4.69) is 10.6 Å². The van der Waals surface area contributed by atoms with E-state index >= 15 is 0 Å². The predicted octanol–water partition coefficient (Wildman–Crippen LogP) is 3.11. The Kier molecular flexibility index (Phi) is 4.37. The number of nitrogens with one attached hydrogen (secondary N) is 2. The van der Waals surface area contributed by atoms with E-state index in [9.17, 15) is 9.59 Å². The minimum atomic E-state index is -0.474. The van der Waals surface area contributed by atoms with Crippen molar-refractivity contribution in [3.8, 4) is 0 Å². The first-order valence-corrected chi connectivity index (χ1v) is 8.10. The van der Waals surface area contributed by atoms with Gasteiger partial charge in [-0.2, -0.15) is 0 Å². The van der Waals surface area contributed by atoms with Gasteiger partial charge in [-0.1, -0.05) is 29.8 Å². The molecule has 0 unspecified atom stereocenters. The summed E-state index contributed by atoms with van der Waals surface area (Å²) in [6.45, 7) is 3.74. The molecule has 2 aliphatic rings. The van der Waals surface area contributed by atoms with E-state index in [-0.39, 0.29) is 18.1 Å². The molecule has 2 amide bonds. The van der Waals surface area contributed by atoms with Gasteiger partial charge in [0, 0.05) is 5.70 Å². The number of carbonyl (C=O) groups excluding carboxylic acids is 2. The zero-order valence-electron chi connectivity index (χ0n) is 13.5. The van der Waals surface area contributed by atoms with Gasteiger partial charge < -0.3 is 15.4 Å². The Bertz CT molecular complexity index is 643. The second-order valence-corrected chi connectivity index (χ2v) is 6.29. The highest BCUT2D eigenvalue weighted by Crippen LogP contribution is 2.30. The van der Waals surface area contributed by atoms with Crippen molar-refractivity contribution in [3.05, 3.63) is 46.7 Å². The first kappa shape index (κ1) is 15.6. The van der Waals surface area contributed by atoms with Gasteiger partial charge in [-0.25, -0.2) is 9.59 Å². The number of hydrogen-bond donors (Lipinski definition) is 2. The molecule has 0 spiro atoms. The van der Waals surface area contributed by atoms with Crippen molar-refractivity contribution in [2.75, 3.05) is 0 Å². The summed E-state index contributed by atoms with van der Waals surface area (Å²) in [7, 11) is 0. The highest BCUT2D eigenvalue weighted by atomic mass is 16.5. The molecule has 0 bridgehead atoms. The fourth-order valence-corrected chi connectivity index (χ4v) is 3.19. The molecule has 5 heteroatoms. The Morgan fingerprint density at radius 2 is 1.78 bits per heavy atom. The van der Waals surface area contributed by atoms with Gasteiger partial charge in [0.1, 0.15) is 6.10 Å². The van der Waals surface area contributed by atoms with Gasteiger partial charge in [0.25, 0.3) is 0 Å². The number of amides is 2. The molecular weight excluding hydrogens is 292 g/mol. The van der Waals surface area contributed by atoms with Crippen LogP contribution in [0.4, 0.5) is 4.79 Å². The Balaban J connectivity index is 1.88. The van der Waals surface area contributed by atoms with E-state index < -0.39 is 6.04 Å². The van der Waals surface area contributed by atoms with Gasteiger partial charge >= 0.3 is 12.0 Å². The van der Waals surface area contributed by atoms with Gasteiger partial charge in [-0.3, -0.25) is 0 Å². The number of rotatable bonds is 3. The van der Waals surface area contributed by atoms with E-state index in [0.717, 1.165) is 36.8 Å². The average Bonchev–Trinajstić information content (AvgIpc) is 3.00. The fourth-order valence-electron chi connectivity index (χ4n) is 3.19. The molecule has 1 saturated carbocycles. The molecule has 0 aromatic heterocycles. The number of esters is 1. The molecular formula is C18H22N2O3. The first-order valence-electron chi connectivity index (χ1n) is 8.10. The fraction of sp³-hybridized carbons (Fsp3) is 0.444. The van der Waals surface area contributed by atoms with Crippen LogP contribution in [0, 0.1) is 6.92 Å². The minimum absolute atomic E-state index is 0.000837. The summed E-state index contributed by atoms with van der Waals surface area (Å²) in [6.07, 6.45) is 4.05. The van der Waals surface area contributed by atoms with Crippen molar-refractivity contribution in [2.45, 2.75) is 51.7 Å². The lowest BCUT2D eigenvalue weighted by atomic mass is 9.95. The molecule has 1 fully saturated rings. The smallest absolute Gasteiger partial charge is 0.338 e. The molecule has 1 aliphatic heterocycles. The van der Waals surface area contributed by atoms with Gasteiger partial charge in [-0.15, -0.1) is 0 Å². The molecule has 0 saturated heterocycles. The van der Waals surface area contributed by atoms with Crippen LogP contribution in [0.3, 0.4) is 0 Å². The molecule has 2 N–H and O–H groups in total. The Morgan fingerprint density at radius 1 is 1.13 bits per heavy atom. The number of benzene rings is 1. The zero-order valence-corrected chi connectivity index (χ0v) is 13.5. The van der Waals surface area contributed by atoms with Crippen LogP contribution in [0.1, 0.15) is 49.8 Å². The molecule has 23 heavy (non-hydrogen) atoms. The number of aryl methyl sites for hydroxylation is 1. The number of hydrogen-bond acceptors (Lipinski definition) is 3. The van der Waals surface area contributed by atoms with Gasteiger partial charge in [0.15, 0.2) is 0 Å². The summed E-state index contributed by atoms with van der Waals surface area (Å²) in [6, 6.07) is 7.03. The standard InChI is InChI=1S/C18H22N2O3/c1-11-7-9-13(10-8-11)16-15(12(2)19-18(22)20-16)17(21)23-14-5-3-4-6-14/h7-10,14,16H,3-6H2,1-2H3,(H2,19,20,22)/t16-/m0/s1. The maximum absolute atomic E-state index is 12.7. The normalized spacial score (nSPS) is 21.8. The van der Waals surface area contributed by atoms with Crippen LogP contribution in [0.15, 0.2) is 35.5 Å². The lowest BCUT2D eigenvalue weighted by Crippen LogP contribution is -2.45. The van der Waals surface area contributed by atoms with Crippen LogP contribution in [-0.4, -0.2) is 18.1 Å². The van der Waals surface area contributed by atoms with Crippen LogP contribution in [0.5, 0.6) is 0 Å². The minimum Gasteiger partial charge on any atom is -0.459 e. The van der Waals surface area contributed by atoms with Crippen molar-refractivity contribution < 1.29 is 14.3 Å². The summed E-state index contributed by atoms with van der Waals surface area (Å²) < 4.78 is 5.64. The average molecular weight is 314 g/mol. The largest absolute Gasteiger partial charge is 0.459 e. The molecule has 1 atom stereocenters. The SMILES string of the molecule is CC1=C(C(=O)OC2CCCC2)[C@H](c2ccc(C)cc2)NC(=O)N1. The molecule has 1 aromatic rings. The van der Waals surface area contributed by atoms with Crippen LogP contribution in [-0.2, 0) is 9.53 Å². The number of urea groups is 1. The third-order valence-corrected chi connectivity index (χ3v) is 4.48. The van der Waals surface area contributed by atoms with Gasteiger partial charge in [0.05, 0.1) is 11.6 Å². The second-order valence-electron chi connectivity index (χ2n) is 6.29. The second kappa shape index (κ2) is 6.44. The molecule has 5 nitrogen and oxygen atoms in total. The third kappa shape index (κ3) is 3.38. The van der Waals surface area contributed by atoms with E-state index in [0.29, 0.717) is 11.3 Å². The molecule has 0 radical (unpaired) electrons. The molecule has 1 heterocycles. The Hall–Kier alpha value is -2.30. The van der Waals surface area contributed by atoms with Gasteiger partial charge in [0.2, 0.25) is 0 Å². The molecule has 1 aliphatic carbocycles. The maximum atomic E-state index is 12.7. The van der Waals surface area contributed by atoms with E-state index in [1.54, 1.807) is 6.92 Å². The Labute approximate surface area is 136 Å². The van der Waals surface area contributed by atoms with Crippen LogP contribution in [0.25, 0.3) is 0 Å². The predicted molar refractivity (Wildman–Crippen MR) is 86.6 cm³/mol. The van der Waals surface area contributed by atoms with Gasteiger partial charge in [-0.05, 0) is 45.1 Å². The maximum Gasteiger partial charge on any atom is 0.338 e. The first-order chi connectivity index (χ1) is 11.0. The lowest BCUT2D eigenvalue weighted by molar-refractivity contribution is -0.144. The number of allylic oxidation sites excluding steroid dienone is 1. The number of carbonyl (C=O) groups is 2. The van der Waals surface area contributed by atoms with E-state index in [4.69, 9.17) is 4.74 Å². The van der Waals surface area contributed by atoms with Crippen LogP contribution < -0.4 is 10.6 Å². The highest BCUT2D eigenvalue weighted by molar-refractivity contribution is 5.95. The van der Waals surface area contributed by atoms with Crippen molar-refractivity contribution in [1.82, 2.24) is 10.6 Å². The number of ether oxygens (including phenoxy) is 1. The summed E-state index contributed by atoms with van der Waals surface area (Å²) >= 11 is 0. The Morgan fingerprint density at radius 3 is 2.43 bits per heavy atom. The molecule has 1 aromatic carbocycles. The summed E-state index contributed by atoms with van der Waals surface area (Å²) in [5, 5.41) is 5.50. The topological polar surface area (TPSA) is 67.4 Å². The molecule has 122 valence electrons. The third-order valence-electron chi connectivity index (χ3n) is 4.48. The zero-order chi connectivity index (χ0) is 16.4. The monoisotopic (exact) mass is 314 g/mol. The van der Waals surface area contributed by atoms with Crippen molar-refractivity contribution in [3.63, 3.8) is 0 Å². The van der Waals surface area contributed by atoms with Crippen LogP contribution in [0.2, 0.25) is 0 Å². The lowest BCUT2D eigenvalue weighted by Gasteiger charge is -2.29. The van der Waals surface area contributed by atoms with E-state index in [1.165, 1.54) is 0 Å². The van der Waals surface area contributed by atoms with Crippen molar-refractivity contribution in [1.29, 1.82) is 0 Å². The summed E-state index contributed by atoms with van der Waals surface area (Å²) in [5.74, 6) is -0.340. The van der Waals surface area contributed by atoms with Crippen LogP contribution >= 0.6 is 0 Å². The van der Waals surface area contributed by atoms with Crippen molar-refractivity contribution >= 4 is 12.0 Å². The quantitative estimate of drug-likeness (QED) is 0.842. The summed E-state index contributed by atoms with van der Waals surface area (Å²) in [5.41, 5.74) is 3.05.